The monoisotopic (exact) mass is 370 g/mol. The molecule has 3 aromatic rings. The van der Waals surface area contributed by atoms with E-state index < -0.39 is 0 Å². The topological polar surface area (TPSA) is 74.5 Å². The van der Waals surface area contributed by atoms with Crippen molar-refractivity contribution in [2.45, 2.75) is 5.75 Å². The Bertz CT molecular complexity index is 1000. The van der Waals surface area contributed by atoms with Crippen molar-refractivity contribution in [1.29, 1.82) is 5.26 Å². The Morgan fingerprint density at radius 1 is 1.00 bits per heavy atom. The van der Waals surface area contributed by atoms with E-state index in [-0.39, 0.29) is 0 Å². The van der Waals surface area contributed by atoms with Crippen molar-refractivity contribution in [2.24, 2.45) is 15.9 Å². The number of nitrogens with two attached hydrogens (primary N) is 1. The lowest BCUT2D eigenvalue weighted by Crippen LogP contribution is -2.06. The summed E-state index contributed by atoms with van der Waals surface area (Å²) in [5, 5.41) is 17.7. The van der Waals surface area contributed by atoms with Crippen LogP contribution in [0.2, 0.25) is 0 Å². The van der Waals surface area contributed by atoms with Gasteiger partial charge < -0.3 is 5.73 Å². The lowest BCUT2D eigenvalue weighted by molar-refractivity contribution is 1.25. The second kappa shape index (κ2) is 9.37. The molecule has 2 N–H and O–H groups in total. The lowest BCUT2D eigenvalue weighted by Gasteiger charge is -2.05. The molecule has 0 spiro atoms. The molecule has 0 fully saturated rings. The van der Waals surface area contributed by atoms with Gasteiger partial charge in [-0.05, 0) is 28.8 Å². The predicted molar refractivity (Wildman–Crippen MR) is 114 cm³/mol. The standard InChI is InChI=1S/C22H18N4S/c23-14-18-9-6-11-19(13-18)21-12-5-4-10-20(21)15-25-26-22(24)27-16-17-7-2-1-3-8-17/h1-13,15H,16H2,(H2,24,26). The van der Waals surface area contributed by atoms with Crippen LogP contribution in [0.5, 0.6) is 0 Å². The molecule has 0 aliphatic carbocycles. The third kappa shape index (κ3) is 5.30. The van der Waals surface area contributed by atoms with Crippen molar-refractivity contribution in [1.82, 2.24) is 0 Å². The Morgan fingerprint density at radius 2 is 1.78 bits per heavy atom. The third-order valence-electron chi connectivity index (χ3n) is 3.85. The van der Waals surface area contributed by atoms with Crippen molar-refractivity contribution in [2.75, 3.05) is 0 Å². The molecule has 0 atom stereocenters. The summed E-state index contributed by atoms with van der Waals surface area (Å²) in [6, 6.07) is 27.6. The summed E-state index contributed by atoms with van der Waals surface area (Å²) in [7, 11) is 0. The number of thioether (sulfide) groups is 1. The van der Waals surface area contributed by atoms with E-state index in [9.17, 15) is 0 Å². The molecule has 0 saturated carbocycles. The van der Waals surface area contributed by atoms with E-state index in [0.29, 0.717) is 10.7 Å². The zero-order valence-electron chi connectivity index (χ0n) is 14.6. The van der Waals surface area contributed by atoms with E-state index in [4.69, 9.17) is 11.0 Å². The smallest absolute Gasteiger partial charge is 0.180 e. The van der Waals surface area contributed by atoms with Crippen molar-refractivity contribution < 1.29 is 0 Å². The molecule has 3 rings (SSSR count). The molecule has 0 aliphatic heterocycles. The van der Waals surface area contributed by atoms with Crippen molar-refractivity contribution in [3.8, 4) is 17.2 Å². The van der Waals surface area contributed by atoms with Crippen LogP contribution in [0.15, 0.2) is 89.1 Å². The van der Waals surface area contributed by atoms with Crippen LogP contribution in [0.25, 0.3) is 11.1 Å². The first kappa shape index (κ1) is 18.4. The van der Waals surface area contributed by atoms with Crippen molar-refractivity contribution in [3.05, 3.63) is 95.6 Å². The zero-order chi connectivity index (χ0) is 18.9. The largest absolute Gasteiger partial charge is 0.377 e. The number of nitriles is 1. The second-order valence-electron chi connectivity index (χ2n) is 5.74. The average Bonchev–Trinajstić information content (AvgIpc) is 2.73. The molecule has 0 unspecified atom stereocenters. The minimum Gasteiger partial charge on any atom is -0.377 e. The first-order valence-electron chi connectivity index (χ1n) is 8.39. The molecule has 5 heteroatoms. The first-order chi connectivity index (χ1) is 13.3. The number of hydrogen-bond donors (Lipinski definition) is 1. The van der Waals surface area contributed by atoms with Crippen LogP contribution in [0.4, 0.5) is 0 Å². The highest BCUT2D eigenvalue weighted by Crippen LogP contribution is 2.23. The average molecular weight is 370 g/mol. The highest BCUT2D eigenvalue weighted by molar-refractivity contribution is 8.13. The van der Waals surface area contributed by atoms with Gasteiger partial charge in [0.15, 0.2) is 5.17 Å². The lowest BCUT2D eigenvalue weighted by atomic mass is 9.99. The van der Waals surface area contributed by atoms with Crippen LogP contribution in [-0.4, -0.2) is 11.4 Å². The van der Waals surface area contributed by atoms with Gasteiger partial charge in [0, 0.05) is 11.3 Å². The SMILES string of the molecule is N#Cc1cccc(-c2ccccc2C=NN=C(N)SCc2ccccc2)c1. The summed E-state index contributed by atoms with van der Waals surface area (Å²) in [6.45, 7) is 0. The van der Waals surface area contributed by atoms with E-state index in [1.54, 1.807) is 12.3 Å². The van der Waals surface area contributed by atoms with Crippen LogP contribution >= 0.6 is 11.8 Å². The molecule has 0 amide bonds. The fourth-order valence-electron chi connectivity index (χ4n) is 2.54. The molecular weight excluding hydrogens is 352 g/mol. The van der Waals surface area contributed by atoms with E-state index in [1.807, 2.05) is 60.7 Å². The Morgan fingerprint density at radius 3 is 2.59 bits per heavy atom. The minimum absolute atomic E-state index is 0.416. The van der Waals surface area contributed by atoms with Gasteiger partial charge in [0.1, 0.15) is 0 Å². The Kier molecular flexibility index (Phi) is 6.40. The summed E-state index contributed by atoms with van der Waals surface area (Å²) in [5.41, 5.74) is 10.6. The van der Waals surface area contributed by atoms with Gasteiger partial charge >= 0.3 is 0 Å². The van der Waals surface area contributed by atoms with E-state index in [1.165, 1.54) is 17.3 Å². The van der Waals surface area contributed by atoms with Crippen molar-refractivity contribution in [3.63, 3.8) is 0 Å². The fourth-order valence-corrected chi connectivity index (χ4v) is 3.15. The maximum atomic E-state index is 9.10. The van der Waals surface area contributed by atoms with Gasteiger partial charge in [-0.1, -0.05) is 78.5 Å². The van der Waals surface area contributed by atoms with Gasteiger partial charge in [0.25, 0.3) is 0 Å². The highest BCUT2D eigenvalue weighted by atomic mass is 32.2. The Hall–Kier alpha value is -3.36. The molecule has 0 radical (unpaired) electrons. The summed E-state index contributed by atoms with van der Waals surface area (Å²) >= 11 is 1.45. The molecular formula is C22H18N4S. The number of rotatable bonds is 5. The quantitative estimate of drug-likeness (QED) is 0.398. The Labute approximate surface area is 163 Å². The molecule has 0 saturated heterocycles. The fraction of sp³-hybridized carbons (Fsp3) is 0.0455. The second-order valence-corrected chi connectivity index (χ2v) is 6.73. The van der Waals surface area contributed by atoms with E-state index >= 15 is 0 Å². The van der Waals surface area contributed by atoms with Gasteiger partial charge in [0.05, 0.1) is 17.8 Å². The van der Waals surface area contributed by atoms with E-state index in [0.717, 1.165) is 22.4 Å². The highest BCUT2D eigenvalue weighted by Gasteiger charge is 2.04. The number of amidine groups is 1. The van der Waals surface area contributed by atoms with Gasteiger partial charge in [-0.15, -0.1) is 5.10 Å². The summed E-state index contributed by atoms with van der Waals surface area (Å²) in [6.07, 6.45) is 1.68. The summed E-state index contributed by atoms with van der Waals surface area (Å²) < 4.78 is 0. The van der Waals surface area contributed by atoms with E-state index in [2.05, 4.69) is 28.4 Å². The zero-order valence-corrected chi connectivity index (χ0v) is 15.4. The summed E-state index contributed by atoms with van der Waals surface area (Å²) in [5.74, 6) is 0.753. The predicted octanol–water partition coefficient (Wildman–Crippen LogP) is 4.81. The number of benzene rings is 3. The van der Waals surface area contributed by atoms with Gasteiger partial charge in [0.2, 0.25) is 0 Å². The molecule has 3 aromatic carbocycles. The van der Waals surface area contributed by atoms with Crippen LogP contribution in [0.1, 0.15) is 16.7 Å². The van der Waals surface area contributed by atoms with Gasteiger partial charge in [-0.25, -0.2) is 0 Å². The molecule has 27 heavy (non-hydrogen) atoms. The van der Waals surface area contributed by atoms with Gasteiger partial charge in [-0.2, -0.15) is 10.4 Å². The first-order valence-corrected chi connectivity index (χ1v) is 9.37. The molecule has 0 heterocycles. The molecule has 0 bridgehead atoms. The minimum atomic E-state index is 0.416. The van der Waals surface area contributed by atoms with Crippen LogP contribution in [0, 0.1) is 11.3 Å². The number of nitrogens with zero attached hydrogens (tertiary/aromatic N) is 3. The summed E-state index contributed by atoms with van der Waals surface area (Å²) in [4.78, 5) is 0. The van der Waals surface area contributed by atoms with Crippen LogP contribution in [-0.2, 0) is 5.75 Å². The maximum Gasteiger partial charge on any atom is 0.180 e. The molecule has 132 valence electrons. The number of hydrogen-bond acceptors (Lipinski definition) is 4. The van der Waals surface area contributed by atoms with Crippen LogP contribution < -0.4 is 5.73 Å². The van der Waals surface area contributed by atoms with Crippen molar-refractivity contribution >= 4 is 23.1 Å². The molecule has 0 aliphatic rings. The third-order valence-corrected chi connectivity index (χ3v) is 4.70. The van der Waals surface area contributed by atoms with Crippen LogP contribution in [0.3, 0.4) is 0 Å². The maximum absolute atomic E-state index is 9.10. The molecule has 0 aromatic heterocycles. The van der Waals surface area contributed by atoms with Gasteiger partial charge in [-0.3, -0.25) is 0 Å². The Balaban J connectivity index is 1.73. The molecule has 4 nitrogen and oxygen atoms in total. The normalized spacial score (nSPS) is 11.4.